The molecule has 0 bridgehead atoms. The van der Waals surface area contributed by atoms with Gasteiger partial charge in [0, 0.05) is 18.6 Å². The molecular weight excluding hydrogens is 342 g/mol. The summed E-state index contributed by atoms with van der Waals surface area (Å²) < 4.78 is 6.38. The summed E-state index contributed by atoms with van der Waals surface area (Å²) >= 11 is 1.59. The molecular formula is C16H24N5O3S+. The summed E-state index contributed by atoms with van der Waals surface area (Å²) in [7, 11) is 0. The average Bonchev–Trinajstić information content (AvgIpc) is 3.31. The van der Waals surface area contributed by atoms with E-state index in [0.29, 0.717) is 23.1 Å². The van der Waals surface area contributed by atoms with E-state index in [9.17, 15) is 10.2 Å². The highest BCUT2D eigenvalue weighted by molar-refractivity contribution is 7.98. The smallest absolute Gasteiger partial charge is 0.267 e. The van der Waals surface area contributed by atoms with E-state index in [1.807, 2.05) is 6.26 Å². The van der Waals surface area contributed by atoms with Crippen molar-refractivity contribution in [3.63, 3.8) is 0 Å². The number of fused-ring (bicyclic) bond motifs is 1. The minimum atomic E-state index is -1.01. The molecule has 136 valence electrons. The molecule has 8 nitrogen and oxygen atoms in total. The van der Waals surface area contributed by atoms with E-state index in [0.717, 1.165) is 25.7 Å². The molecule has 1 saturated carbocycles. The van der Waals surface area contributed by atoms with Crippen molar-refractivity contribution < 1.29 is 14.9 Å². The summed E-state index contributed by atoms with van der Waals surface area (Å²) in [5.74, 6) is 1.61. The predicted octanol–water partition coefficient (Wildman–Crippen LogP) is 0.792. The molecule has 9 heteroatoms. The molecule has 3 heterocycles. The van der Waals surface area contributed by atoms with E-state index in [2.05, 4.69) is 15.0 Å². The van der Waals surface area contributed by atoms with Gasteiger partial charge in [-0.05, 0) is 19.1 Å². The van der Waals surface area contributed by atoms with Gasteiger partial charge in [-0.1, -0.05) is 0 Å². The highest BCUT2D eigenvalue weighted by Crippen LogP contribution is 2.48. The number of aromatic nitrogens is 2. The van der Waals surface area contributed by atoms with E-state index in [4.69, 9.17) is 10.5 Å². The Morgan fingerprint density at radius 3 is 2.76 bits per heavy atom. The van der Waals surface area contributed by atoms with Gasteiger partial charge in [0.15, 0.2) is 23.9 Å². The maximum atomic E-state index is 10.8. The number of nitrogens with two attached hydrogens (primary N) is 1. The van der Waals surface area contributed by atoms with Crippen molar-refractivity contribution in [2.75, 3.05) is 17.7 Å². The minimum Gasteiger partial charge on any atom is -0.387 e. The SMILES string of the molecule is CSC[C@H]1O[C@@H]([N+]2(C3CCCC3)C=Nc3c(N)ncnc32)[C@H](O)[C@@H]1O. The second-order valence-electron chi connectivity index (χ2n) is 6.95. The second-order valence-corrected chi connectivity index (χ2v) is 7.86. The lowest BCUT2D eigenvalue weighted by atomic mass is 10.1. The highest BCUT2D eigenvalue weighted by Gasteiger charge is 2.60. The highest BCUT2D eigenvalue weighted by atomic mass is 32.2. The molecule has 2 aliphatic heterocycles. The van der Waals surface area contributed by atoms with Gasteiger partial charge in [-0.25, -0.2) is 9.47 Å². The summed E-state index contributed by atoms with van der Waals surface area (Å²) in [6.45, 7) is 0. The number of aliphatic imine (C=N–C) groups is 1. The maximum absolute atomic E-state index is 10.8. The van der Waals surface area contributed by atoms with Crippen LogP contribution in [0, 0.1) is 0 Å². The van der Waals surface area contributed by atoms with Gasteiger partial charge in [0.05, 0.1) is 0 Å². The first-order valence-corrected chi connectivity index (χ1v) is 10.0. The van der Waals surface area contributed by atoms with Crippen molar-refractivity contribution in [1.82, 2.24) is 14.5 Å². The molecule has 1 aromatic rings. The molecule has 0 spiro atoms. The molecule has 0 radical (unpaired) electrons. The Balaban J connectivity index is 1.80. The minimum absolute atomic E-state index is 0.194. The zero-order chi connectivity index (χ0) is 17.6. The Labute approximate surface area is 150 Å². The van der Waals surface area contributed by atoms with E-state index in [1.165, 1.54) is 6.33 Å². The van der Waals surface area contributed by atoms with E-state index < -0.39 is 24.5 Å². The Bertz CT molecular complexity index is 684. The zero-order valence-electron chi connectivity index (χ0n) is 14.2. The van der Waals surface area contributed by atoms with Gasteiger partial charge in [-0.3, -0.25) is 0 Å². The number of nitrogen functional groups attached to an aromatic ring is 1. The maximum Gasteiger partial charge on any atom is 0.267 e. The molecule has 0 amide bonds. The molecule has 5 atom stereocenters. The number of quaternary nitrogens is 1. The van der Waals surface area contributed by atoms with Crippen LogP contribution in [0.2, 0.25) is 0 Å². The van der Waals surface area contributed by atoms with Crippen LogP contribution in [0.1, 0.15) is 25.7 Å². The van der Waals surface area contributed by atoms with E-state index >= 15 is 0 Å². The lowest BCUT2D eigenvalue weighted by molar-refractivity contribution is -0.0627. The van der Waals surface area contributed by atoms with Crippen LogP contribution >= 0.6 is 11.8 Å². The lowest BCUT2D eigenvalue weighted by Gasteiger charge is -2.40. The normalized spacial score (nSPS) is 37.7. The summed E-state index contributed by atoms with van der Waals surface area (Å²) in [6.07, 6.45) is 6.40. The topological polar surface area (TPSA) is 114 Å². The Kier molecular flexibility index (Phi) is 4.45. The standard InChI is InChI=1S/C16H24N5O3S/c1-25-6-10-12(22)13(23)16(24-10)21(9-4-2-3-5-9)8-20-11-14(17)18-7-19-15(11)21/h7-10,12-13,16,22-23H,2-6H2,1H3,(H2,17,18,19)/q+1/t10-,12-,13-,16-,21?/m1/s1. The molecule has 1 aromatic heterocycles. The summed E-state index contributed by atoms with van der Waals surface area (Å²) in [4.78, 5) is 13.0. The van der Waals surface area contributed by atoms with Crippen LogP contribution in [0.25, 0.3) is 0 Å². The monoisotopic (exact) mass is 366 g/mol. The Hall–Kier alpha value is -1.26. The van der Waals surface area contributed by atoms with Crippen LogP contribution in [-0.4, -0.2) is 69.1 Å². The van der Waals surface area contributed by atoms with Gasteiger partial charge < -0.3 is 20.7 Å². The summed E-state index contributed by atoms with van der Waals surface area (Å²) in [6, 6.07) is 0.194. The van der Waals surface area contributed by atoms with Gasteiger partial charge in [0.1, 0.15) is 24.6 Å². The predicted molar refractivity (Wildman–Crippen MR) is 97.7 cm³/mol. The fraction of sp³-hybridized carbons (Fsp3) is 0.688. The number of aliphatic hydroxyl groups is 2. The van der Waals surface area contributed by atoms with Crippen LogP contribution in [0.5, 0.6) is 0 Å². The van der Waals surface area contributed by atoms with Gasteiger partial charge in [0.2, 0.25) is 6.23 Å². The van der Waals surface area contributed by atoms with Crippen LogP contribution < -0.4 is 10.2 Å². The fourth-order valence-corrected chi connectivity index (χ4v) is 4.98. The van der Waals surface area contributed by atoms with Gasteiger partial charge >= 0.3 is 0 Å². The third-order valence-electron chi connectivity index (χ3n) is 5.59. The number of aliphatic hydroxyl groups excluding tert-OH is 2. The Morgan fingerprint density at radius 2 is 2.04 bits per heavy atom. The molecule has 4 N–H and O–H groups in total. The number of rotatable bonds is 4. The number of nitrogens with zero attached hydrogens (tertiary/aromatic N) is 4. The molecule has 1 unspecified atom stereocenters. The number of anilines is 1. The van der Waals surface area contributed by atoms with Crippen LogP contribution in [0.3, 0.4) is 0 Å². The molecule has 2 fully saturated rings. The van der Waals surface area contributed by atoms with Crippen LogP contribution in [0.15, 0.2) is 11.3 Å². The van der Waals surface area contributed by atoms with Gasteiger partial charge in [0.25, 0.3) is 5.82 Å². The van der Waals surface area contributed by atoms with Gasteiger partial charge in [-0.15, -0.1) is 0 Å². The zero-order valence-corrected chi connectivity index (χ0v) is 15.0. The van der Waals surface area contributed by atoms with Gasteiger partial charge in [-0.2, -0.15) is 21.7 Å². The average molecular weight is 366 g/mol. The first-order valence-electron chi connectivity index (χ1n) is 8.64. The first kappa shape index (κ1) is 17.2. The van der Waals surface area contributed by atoms with E-state index in [1.54, 1.807) is 18.1 Å². The molecule has 0 aromatic carbocycles. The third kappa shape index (κ3) is 2.48. The summed E-state index contributed by atoms with van der Waals surface area (Å²) in [5, 5.41) is 21.3. The molecule has 4 rings (SSSR count). The van der Waals surface area contributed by atoms with E-state index in [-0.39, 0.29) is 10.5 Å². The lowest BCUT2D eigenvalue weighted by Crippen LogP contribution is -2.64. The number of hydrogen-bond acceptors (Lipinski definition) is 8. The molecule has 1 saturated heterocycles. The van der Waals surface area contributed by atoms with Crippen molar-refractivity contribution in [2.45, 2.75) is 56.3 Å². The van der Waals surface area contributed by atoms with Crippen LogP contribution in [-0.2, 0) is 4.74 Å². The molecule has 25 heavy (non-hydrogen) atoms. The third-order valence-corrected chi connectivity index (χ3v) is 6.26. The molecule has 1 aliphatic carbocycles. The number of ether oxygens (including phenoxy) is 1. The molecule has 3 aliphatic rings. The van der Waals surface area contributed by atoms with Crippen molar-refractivity contribution in [3.8, 4) is 0 Å². The largest absolute Gasteiger partial charge is 0.387 e. The number of thioether (sulfide) groups is 1. The first-order chi connectivity index (χ1) is 12.1. The van der Waals surface area contributed by atoms with Crippen molar-refractivity contribution in [2.24, 2.45) is 4.99 Å². The second kappa shape index (κ2) is 6.48. The van der Waals surface area contributed by atoms with Crippen molar-refractivity contribution >= 4 is 35.4 Å². The number of hydrogen-bond donors (Lipinski definition) is 3. The fourth-order valence-electron chi connectivity index (χ4n) is 4.37. The van der Waals surface area contributed by atoms with Crippen molar-refractivity contribution in [1.29, 1.82) is 0 Å². The quantitative estimate of drug-likeness (QED) is 0.675. The summed E-state index contributed by atoms with van der Waals surface area (Å²) in [5.41, 5.74) is 6.55. The van der Waals surface area contributed by atoms with Crippen LogP contribution in [0.4, 0.5) is 17.3 Å². The van der Waals surface area contributed by atoms with Crippen molar-refractivity contribution in [3.05, 3.63) is 6.33 Å². The Morgan fingerprint density at radius 1 is 1.28 bits per heavy atom.